The fourth-order valence-corrected chi connectivity index (χ4v) is 4.66. The standard InChI is InChI=1S/C25H29FN4O4/c26-17-1-4-21-20(15-17)23(25(32)28-21)24-19-3-2-18(27-22(19)16-34-24)5-6-29-7-9-30(10-8-29)11-13-33-14-12-31/h1-4,15,31H,5-14,16H2,(H,28,32)/b24-23+. The van der Waals surface area contributed by atoms with E-state index in [1.165, 1.54) is 12.1 Å². The number of aliphatic hydroxyl groups excluding tert-OH is 1. The molecular weight excluding hydrogens is 439 g/mol. The Morgan fingerprint density at radius 1 is 1.06 bits per heavy atom. The van der Waals surface area contributed by atoms with E-state index in [4.69, 9.17) is 19.6 Å². The van der Waals surface area contributed by atoms with Crippen LogP contribution in [0.5, 0.6) is 0 Å². The van der Waals surface area contributed by atoms with Crippen molar-refractivity contribution in [3.05, 3.63) is 58.7 Å². The van der Waals surface area contributed by atoms with Gasteiger partial charge >= 0.3 is 0 Å². The monoisotopic (exact) mass is 468 g/mol. The van der Waals surface area contributed by atoms with Crippen LogP contribution in [0.25, 0.3) is 11.3 Å². The second-order valence-electron chi connectivity index (χ2n) is 8.70. The minimum Gasteiger partial charge on any atom is -0.486 e. The summed E-state index contributed by atoms with van der Waals surface area (Å²) >= 11 is 0. The average molecular weight is 469 g/mol. The van der Waals surface area contributed by atoms with Crippen molar-refractivity contribution >= 4 is 22.9 Å². The number of aromatic nitrogens is 1. The van der Waals surface area contributed by atoms with Crippen LogP contribution in [-0.4, -0.2) is 84.9 Å². The van der Waals surface area contributed by atoms with Gasteiger partial charge in [-0.05, 0) is 30.3 Å². The lowest BCUT2D eigenvalue weighted by Gasteiger charge is -2.34. The summed E-state index contributed by atoms with van der Waals surface area (Å²) in [5.41, 5.74) is 4.08. The van der Waals surface area contributed by atoms with Gasteiger partial charge in [0.05, 0.1) is 31.1 Å². The number of benzene rings is 1. The first-order chi connectivity index (χ1) is 16.6. The molecule has 4 heterocycles. The number of amides is 1. The molecule has 2 N–H and O–H groups in total. The number of hydrogen-bond acceptors (Lipinski definition) is 7. The van der Waals surface area contributed by atoms with Gasteiger partial charge in [-0.3, -0.25) is 14.7 Å². The summed E-state index contributed by atoms with van der Waals surface area (Å²) in [5, 5.41) is 11.6. The SMILES string of the molecule is O=C1Nc2ccc(F)cc2/C1=C1\OCc2nc(CCN3CCN(CCOCCO)CC3)ccc21. The smallest absolute Gasteiger partial charge is 0.260 e. The van der Waals surface area contributed by atoms with E-state index < -0.39 is 5.82 Å². The highest BCUT2D eigenvalue weighted by Gasteiger charge is 2.33. The number of nitrogens with one attached hydrogen (secondary N) is 1. The molecule has 0 bridgehead atoms. The molecule has 5 rings (SSSR count). The summed E-state index contributed by atoms with van der Waals surface area (Å²) in [7, 11) is 0. The molecule has 34 heavy (non-hydrogen) atoms. The number of carbonyl (C=O) groups is 1. The van der Waals surface area contributed by atoms with Gasteiger partial charge in [0.2, 0.25) is 0 Å². The Bertz CT molecular complexity index is 1100. The van der Waals surface area contributed by atoms with Gasteiger partial charge in [-0.15, -0.1) is 0 Å². The lowest BCUT2D eigenvalue weighted by atomic mass is 10.0. The molecule has 0 aliphatic carbocycles. The molecule has 0 atom stereocenters. The Kier molecular flexibility index (Phi) is 6.87. The highest BCUT2D eigenvalue weighted by molar-refractivity contribution is 6.36. The van der Waals surface area contributed by atoms with Crippen LogP contribution >= 0.6 is 0 Å². The molecule has 2 aromatic rings. The van der Waals surface area contributed by atoms with Gasteiger partial charge in [0.25, 0.3) is 5.91 Å². The number of hydrogen-bond donors (Lipinski definition) is 2. The topological polar surface area (TPSA) is 87.2 Å². The summed E-state index contributed by atoms with van der Waals surface area (Å²) < 4.78 is 25.0. The third-order valence-electron chi connectivity index (χ3n) is 6.52. The minimum absolute atomic E-state index is 0.0681. The maximum absolute atomic E-state index is 13.8. The number of rotatable bonds is 8. The van der Waals surface area contributed by atoms with Gasteiger partial charge in [-0.25, -0.2) is 4.39 Å². The molecule has 0 saturated carbocycles. The molecule has 1 aromatic carbocycles. The van der Waals surface area contributed by atoms with E-state index in [0.717, 1.165) is 62.6 Å². The number of nitrogens with zero attached hydrogens (tertiary/aromatic N) is 3. The van der Waals surface area contributed by atoms with Gasteiger partial charge in [-0.1, -0.05) is 0 Å². The van der Waals surface area contributed by atoms with E-state index in [1.807, 2.05) is 12.1 Å². The summed E-state index contributed by atoms with van der Waals surface area (Å²) in [5.74, 6) is -0.211. The average Bonchev–Trinajstić information content (AvgIpc) is 3.40. The predicted octanol–water partition coefficient (Wildman–Crippen LogP) is 1.74. The van der Waals surface area contributed by atoms with Crippen LogP contribution in [0.15, 0.2) is 30.3 Å². The molecular formula is C25H29FN4O4. The molecule has 0 spiro atoms. The first-order valence-corrected chi connectivity index (χ1v) is 11.7. The van der Waals surface area contributed by atoms with Crippen molar-refractivity contribution in [1.82, 2.24) is 14.8 Å². The van der Waals surface area contributed by atoms with Crippen molar-refractivity contribution in [1.29, 1.82) is 0 Å². The Morgan fingerprint density at radius 3 is 2.65 bits per heavy atom. The first-order valence-electron chi connectivity index (χ1n) is 11.7. The van der Waals surface area contributed by atoms with E-state index in [2.05, 4.69) is 15.1 Å². The summed E-state index contributed by atoms with van der Waals surface area (Å²) in [6, 6.07) is 8.21. The van der Waals surface area contributed by atoms with Crippen molar-refractivity contribution in [2.24, 2.45) is 0 Å². The normalized spacial score (nSPS) is 20.2. The fraction of sp³-hybridized carbons (Fsp3) is 0.440. The van der Waals surface area contributed by atoms with Gasteiger partial charge in [-0.2, -0.15) is 0 Å². The maximum atomic E-state index is 13.8. The zero-order valence-corrected chi connectivity index (χ0v) is 19.1. The molecule has 180 valence electrons. The van der Waals surface area contributed by atoms with Gasteiger partial charge < -0.3 is 24.8 Å². The minimum atomic E-state index is -0.393. The zero-order valence-electron chi connectivity index (χ0n) is 19.1. The van der Waals surface area contributed by atoms with E-state index in [0.29, 0.717) is 42.4 Å². The lowest BCUT2D eigenvalue weighted by molar-refractivity contribution is -0.110. The number of pyridine rings is 1. The number of carbonyl (C=O) groups excluding carboxylic acids is 1. The number of aliphatic hydroxyl groups is 1. The highest BCUT2D eigenvalue weighted by Crippen LogP contribution is 2.41. The van der Waals surface area contributed by atoms with Crippen molar-refractivity contribution < 1.29 is 23.8 Å². The van der Waals surface area contributed by atoms with E-state index >= 15 is 0 Å². The Morgan fingerprint density at radius 2 is 1.85 bits per heavy atom. The second-order valence-corrected chi connectivity index (χ2v) is 8.70. The van der Waals surface area contributed by atoms with Gasteiger partial charge in [0.1, 0.15) is 18.2 Å². The fourth-order valence-electron chi connectivity index (χ4n) is 4.66. The summed E-state index contributed by atoms with van der Waals surface area (Å²) in [6.07, 6.45) is 0.841. The highest BCUT2D eigenvalue weighted by atomic mass is 19.1. The molecule has 0 unspecified atom stereocenters. The number of anilines is 1. The zero-order chi connectivity index (χ0) is 23.5. The predicted molar refractivity (Wildman–Crippen MR) is 125 cm³/mol. The van der Waals surface area contributed by atoms with E-state index in [1.54, 1.807) is 6.07 Å². The molecule has 3 aliphatic heterocycles. The second kappa shape index (κ2) is 10.2. The van der Waals surface area contributed by atoms with Crippen LogP contribution in [0.2, 0.25) is 0 Å². The van der Waals surface area contributed by atoms with Gasteiger partial charge in [0.15, 0.2) is 0 Å². The number of piperazine rings is 1. The van der Waals surface area contributed by atoms with Crippen LogP contribution in [0.1, 0.15) is 22.5 Å². The number of fused-ring (bicyclic) bond motifs is 2. The van der Waals surface area contributed by atoms with Crippen LogP contribution in [0.3, 0.4) is 0 Å². The molecule has 9 heteroatoms. The summed E-state index contributed by atoms with van der Waals surface area (Å²) in [4.78, 5) is 22.2. The molecule has 1 aromatic heterocycles. The quantitative estimate of drug-likeness (QED) is 0.451. The first kappa shape index (κ1) is 22.9. The third kappa shape index (κ3) is 4.83. The van der Waals surface area contributed by atoms with Crippen molar-refractivity contribution in [3.63, 3.8) is 0 Å². The van der Waals surface area contributed by atoms with Crippen LogP contribution in [0.4, 0.5) is 10.1 Å². The van der Waals surface area contributed by atoms with Crippen molar-refractivity contribution in [2.45, 2.75) is 13.0 Å². The van der Waals surface area contributed by atoms with Crippen molar-refractivity contribution in [3.8, 4) is 0 Å². The Hall–Kier alpha value is -2.85. The largest absolute Gasteiger partial charge is 0.486 e. The number of halogens is 1. The number of ether oxygens (including phenoxy) is 2. The summed E-state index contributed by atoms with van der Waals surface area (Å²) in [6.45, 7) is 7.29. The van der Waals surface area contributed by atoms with Crippen LogP contribution in [-0.2, 0) is 27.3 Å². The molecule has 1 fully saturated rings. The Balaban J connectivity index is 1.20. The van der Waals surface area contributed by atoms with Crippen LogP contribution in [0, 0.1) is 5.82 Å². The van der Waals surface area contributed by atoms with Crippen LogP contribution < -0.4 is 5.32 Å². The molecule has 1 amide bonds. The molecule has 1 saturated heterocycles. The van der Waals surface area contributed by atoms with Crippen molar-refractivity contribution in [2.75, 3.05) is 64.4 Å². The Labute approximate surface area is 198 Å². The van der Waals surface area contributed by atoms with E-state index in [9.17, 15) is 9.18 Å². The van der Waals surface area contributed by atoms with E-state index in [-0.39, 0.29) is 12.5 Å². The molecule has 3 aliphatic rings. The maximum Gasteiger partial charge on any atom is 0.260 e. The van der Waals surface area contributed by atoms with Gasteiger partial charge in [0, 0.05) is 68.2 Å². The molecule has 0 radical (unpaired) electrons. The molecule has 8 nitrogen and oxygen atoms in total. The lowest BCUT2D eigenvalue weighted by Crippen LogP contribution is -2.47. The third-order valence-corrected chi connectivity index (χ3v) is 6.52.